The summed E-state index contributed by atoms with van der Waals surface area (Å²) in [4.78, 5) is 9.33. The maximum absolute atomic E-state index is 4.89. The van der Waals surface area contributed by atoms with Crippen molar-refractivity contribution in [2.45, 2.75) is 12.8 Å². The lowest BCUT2D eigenvalue weighted by molar-refractivity contribution is 0.818. The molecule has 0 spiro atoms. The Bertz CT molecular complexity index is 1210. The molecule has 1 aliphatic rings. The number of allylic oxidation sites excluding steroid dienone is 1. The van der Waals surface area contributed by atoms with E-state index >= 15 is 0 Å². The fourth-order valence-corrected chi connectivity index (χ4v) is 3.88. The van der Waals surface area contributed by atoms with Crippen LogP contribution in [-0.4, -0.2) is 17.2 Å². The minimum absolute atomic E-state index is 0. The van der Waals surface area contributed by atoms with Crippen LogP contribution in [0.1, 0.15) is 24.0 Å². The van der Waals surface area contributed by atoms with Gasteiger partial charge in [0.05, 0.1) is 11.2 Å². The lowest BCUT2D eigenvalue weighted by Gasteiger charge is -2.17. The van der Waals surface area contributed by atoms with Crippen LogP contribution in [0.5, 0.6) is 0 Å². The molecule has 0 saturated heterocycles. The number of aliphatic imine (C=N–C) groups is 1. The smallest absolute Gasteiger partial charge is 0.0702 e. The molecule has 146 valence electrons. The molecule has 3 aromatic carbocycles. The van der Waals surface area contributed by atoms with Gasteiger partial charge in [0.15, 0.2) is 0 Å². The molecule has 4 heteroatoms. The summed E-state index contributed by atoms with van der Waals surface area (Å²) in [5.41, 5.74) is 5.92. The number of nitrogens with zero attached hydrogens (tertiary/aromatic N) is 2. The van der Waals surface area contributed by atoms with Crippen LogP contribution in [-0.2, 0) is 0 Å². The van der Waals surface area contributed by atoms with E-state index in [1.165, 1.54) is 27.5 Å². The highest BCUT2D eigenvalue weighted by molar-refractivity contribution is 6.17. The number of hydrogen-bond acceptors (Lipinski definition) is 2. The van der Waals surface area contributed by atoms with E-state index in [0.717, 1.165) is 36.0 Å². The Morgan fingerprint density at radius 3 is 2.55 bits per heavy atom. The highest BCUT2D eigenvalue weighted by Crippen LogP contribution is 2.27. The van der Waals surface area contributed by atoms with E-state index in [9.17, 15) is 0 Å². The number of hydrogen-bond donors (Lipinski definition) is 0. The molecule has 0 N–H and O–H groups in total. The summed E-state index contributed by atoms with van der Waals surface area (Å²) in [5, 5.41) is 3.73. The second-order valence-corrected chi connectivity index (χ2v) is 6.98. The van der Waals surface area contributed by atoms with Gasteiger partial charge in [-0.2, -0.15) is 0 Å². The van der Waals surface area contributed by atoms with Crippen molar-refractivity contribution in [1.82, 2.24) is 4.98 Å². The molecule has 0 atom stereocenters. The Balaban J connectivity index is 0.00000120. The summed E-state index contributed by atoms with van der Waals surface area (Å²) in [5.74, 6) is 0. The standard InChI is InChI=1S/C25H20N2.2ClH/c1-2-11-23-18(6-1)7-3-8-19(23)16-21-10-5-15-27-25(21)22-12-13-24-20(17-22)9-4-14-26-24;;/h1-4,6-9,11-14,16-17H,5,10,15H2;2*1H/b21-16+;;. The topological polar surface area (TPSA) is 25.2 Å². The van der Waals surface area contributed by atoms with Gasteiger partial charge in [0, 0.05) is 23.7 Å². The molecule has 1 aliphatic heterocycles. The molecule has 29 heavy (non-hydrogen) atoms. The lowest BCUT2D eigenvalue weighted by atomic mass is 9.92. The van der Waals surface area contributed by atoms with Crippen LogP contribution in [0.15, 0.2) is 89.6 Å². The first-order chi connectivity index (χ1) is 13.4. The second kappa shape index (κ2) is 9.21. The number of pyridine rings is 1. The predicted molar refractivity (Wildman–Crippen MR) is 129 cm³/mol. The Labute approximate surface area is 183 Å². The molecule has 5 rings (SSSR count). The molecule has 2 nitrogen and oxygen atoms in total. The Hall–Kier alpha value is -2.68. The van der Waals surface area contributed by atoms with Crippen molar-refractivity contribution in [3.8, 4) is 0 Å². The molecule has 0 radical (unpaired) electrons. The first-order valence-electron chi connectivity index (χ1n) is 9.47. The molecule has 1 aromatic heterocycles. The molecule has 0 amide bonds. The summed E-state index contributed by atoms with van der Waals surface area (Å²) in [6.07, 6.45) is 6.34. The third kappa shape index (κ3) is 4.19. The molecule has 0 bridgehead atoms. The summed E-state index contributed by atoms with van der Waals surface area (Å²) in [7, 11) is 0. The molecule has 0 unspecified atom stereocenters. The van der Waals surface area contributed by atoms with Crippen LogP contribution < -0.4 is 0 Å². The highest BCUT2D eigenvalue weighted by Gasteiger charge is 2.15. The van der Waals surface area contributed by atoms with Gasteiger partial charge in [-0.1, -0.05) is 54.6 Å². The Kier molecular flexibility index (Phi) is 6.68. The van der Waals surface area contributed by atoms with Gasteiger partial charge in [0.2, 0.25) is 0 Å². The van der Waals surface area contributed by atoms with Crippen molar-refractivity contribution in [3.63, 3.8) is 0 Å². The minimum atomic E-state index is 0. The zero-order valence-corrected chi connectivity index (χ0v) is 17.5. The van der Waals surface area contributed by atoms with E-state index in [4.69, 9.17) is 4.99 Å². The molecular weight excluding hydrogens is 399 g/mol. The Morgan fingerprint density at radius 2 is 1.62 bits per heavy atom. The van der Waals surface area contributed by atoms with Gasteiger partial charge in [-0.15, -0.1) is 24.8 Å². The van der Waals surface area contributed by atoms with E-state index in [1.807, 2.05) is 12.3 Å². The quantitative estimate of drug-likeness (QED) is 0.346. The average molecular weight is 421 g/mol. The van der Waals surface area contributed by atoms with Gasteiger partial charge in [-0.3, -0.25) is 9.98 Å². The highest BCUT2D eigenvalue weighted by atomic mass is 35.5. The van der Waals surface area contributed by atoms with E-state index in [2.05, 4.69) is 77.8 Å². The number of aromatic nitrogens is 1. The molecule has 0 aliphatic carbocycles. The fraction of sp³-hybridized carbons (Fsp3) is 0.120. The number of fused-ring (bicyclic) bond motifs is 2. The number of rotatable bonds is 2. The molecule has 2 heterocycles. The maximum atomic E-state index is 4.89. The largest absolute Gasteiger partial charge is 0.284 e. The fourth-order valence-electron chi connectivity index (χ4n) is 3.88. The average Bonchev–Trinajstić information content (AvgIpc) is 2.74. The van der Waals surface area contributed by atoms with Gasteiger partial charge in [0.25, 0.3) is 0 Å². The first-order valence-corrected chi connectivity index (χ1v) is 9.47. The van der Waals surface area contributed by atoms with Gasteiger partial charge < -0.3 is 0 Å². The van der Waals surface area contributed by atoms with Gasteiger partial charge in [-0.25, -0.2) is 0 Å². The SMILES string of the molecule is C(=C1/CCCN=C1c1ccc2ncccc2c1)/c1cccc2ccccc12.Cl.Cl. The van der Waals surface area contributed by atoms with Crippen molar-refractivity contribution in [3.05, 3.63) is 95.7 Å². The van der Waals surface area contributed by atoms with Crippen LogP contribution in [0.2, 0.25) is 0 Å². The number of benzene rings is 3. The third-order valence-corrected chi connectivity index (χ3v) is 5.21. The van der Waals surface area contributed by atoms with Crippen molar-refractivity contribution in [1.29, 1.82) is 0 Å². The van der Waals surface area contributed by atoms with Crippen molar-refractivity contribution >= 4 is 58.3 Å². The van der Waals surface area contributed by atoms with Crippen molar-refractivity contribution < 1.29 is 0 Å². The first kappa shape index (κ1) is 21.0. The summed E-state index contributed by atoms with van der Waals surface area (Å²) >= 11 is 0. The van der Waals surface area contributed by atoms with Gasteiger partial charge in [0.1, 0.15) is 0 Å². The van der Waals surface area contributed by atoms with Crippen molar-refractivity contribution in [2.24, 2.45) is 4.99 Å². The van der Waals surface area contributed by atoms with E-state index in [1.54, 1.807) is 0 Å². The molecule has 0 saturated carbocycles. The normalized spacial score (nSPS) is 14.9. The van der Waals surface area contributed by atoms with Crippen LogP contribution in [0.3, 0.4) is 0 Å². The monoisotopic (exact) mass is 420 g/mol. The maximum Gasteiger partial charge on any atom is 0.0702 e. The molecular formula is C25H22Cl2N2. The molecule has 4 aromatic rings. The minimum Gasteiger partial charge on any atom is -0.284 e. The third-order valence-electron chi connectivity index (χ3n) is 5.21. The lowest BCUT2D eigenvalue weighted by Crippen LogP contribution is -2.11. The van der Waals surface area contributed by atoms with Crippen LogP contribution in [0.4, 0.5) is 0 Å². The van der Waals surface area contributed by atoms with E-state index in [0.29, 0.717) is 0 Å². The van der Waals surface area contributed by atoms with Gasteiger partial charge in [-0.05, 0) is 59.0 Å². The van der Waals surface area contributed by atoms with Gasteiger partial charge >= 0.3 is 0 Å². The Morgan fingerprint density at radius 1 is 0.793 bits per heavy atom. The van der Waals surface area contributed by atoms with Crippen LogP contribution in [0, 0.1) is 0 Å². The predicted octanol–water partition coefficient (Wildman–Crippen LogP) is 6.90. The summed E-state index contributed by atoms with van der Waals surface area (Å²) in [6.45, 7) is 0.896. The van der Waals surface area contributed by atoms with Crippen molar-refractivity contribution in [2.75, 3.05) is 6.54 Å². The second-order valence-electron chi connectivity index (χ2n) is 6.98. The zero-order valence-electron chi connectivity index (χ0n) is 15.9. The van der Waals surface area contributed by atoms with E-state index < -0.39 is 0 Å². The summed E-state index contributed by atoms with van der Waals surface area (Å²) in [6, 6.07) is 25.6. The van der Waals surface area contributed by atoms with E-state index in [-0.39, 0.29) is 24.8 Å². The number of halogens is 2. The summed E-state index contributed by atoms with van der Waals surface area (Å²) < 4.78 is 0. The van der Waals surface area contributed by atoms with Crippen LogP contribution in [0.25, 0.3) is 27.8 Å². The zero-order chi connectivity index (χ0) is 18.1. The molecule has 0 fully saturated rings. The van der Waals surface area contributed by atoms with Crippen LogP contribution >= 0.6 is 24.8 Å².